The fourth-order valence-electron chi connectivity index (χ4n) is 2.86. The highest BCUT2D eigenvalue weighted by Gasteiger charge is 2.25. The molecule has 0 N–H and O–H groups in total. The summed E-state index contributed by atoms with van der Waals surface area (Å²) in [4.78, 5) is 10.2. The van der Waals surface area contributed by atoms with Crippen LogP contribution in [0.1, 0.15) is 37.1 Å². The lowest BCUT2D eigenvalue weighted by atomic mass is 10.1. The van der Waals surface area contributed by atoms with E-state index < -0.39 is 0 Å². The molecule has 21 heavy (non-hydrogen) atoms. The number of piperidine rings is 1. The van der Waals surface area contributed by atoms with E-state index >= 15 is 0 Å². The largest absolute Gasteiger partial charge is 0.352 e. The number of nitrogens with zero attached hydrogens (tertiary/aromatic N) is 5. The maximum absolute atomic E-state index is 14.4. The molecule has 2 aromatic heterocycles. The van der Waals surface area contributed by atoms with Crippen molar-refractivity contribution >= 4 is 5.82 Å². The highest BCUT2D eigenvalue weighted by molar-refractivity contribution is 5.41. The maximum atomic E-state index is 14.4. The van der Waals surface area contributed by atoms with Gasteiger partial charge in [-0.25, -0.2) is 14.4 Å². The highest BCUT2D eigenvalue weighted by atomic mass is 19.1. The van der Waals surface area contributed by atoms with E-state index in [1.807, 2.05) is 35.8 Å². The molecule has 3 heterocycles. The first-order chi connectivity index (χ1) is 10.2. The third-order valence-corrected chi connectivity index (χ3v) is 3.98. The molecular formula is C15H20FN5. The van der Waals surface area contributed by atoms with Crippen LogP contribution in [0.25, 0.3) is 0 Å². The molecule has 1 fully saturated rings. The molecule has 1 atom stereocenters. The number of anilines is 1. The standard InChI is InChI=1S/C15H20FN5/c1-3-13-14(16)15(18-10-17-13)20-6-4-5-12(9-20)21-8-11(2)7-19-21/h7-8,10,12H,3-6,9H2,1-2H3. The molecule has 112 valence electrons. The zero-order valence-electron chi connectivity index (χ0n) is 12.5. The number of aromatic nitrogens is 4. The Balaban J connectivity index is 1.83. The number of hydrogen-bond acceptors (Lipinski definition) is 4. The van der Waals surface area contributed by atoms with Crippen molar-refractivity contribution in [2.75, 3.05) is 18.0 Å². The quantitative estimate of drug-likeness (QED) is 0.871. The molecule has 6 heteroatoms. The van der Waals surface area contributed by atoms with Gasteiger partial charge in [-0.1, -0.05) is 6.92 Å². The van der Waals surface area contributed by atoms with Crippen LogP contribution >= 0.6 is 0 Å². The van der Waals surface area contributed by atoms with E-state index in [2.05, 4.69) is 15.1 Å². The Labute approximate surface area is 123 Å². The second-order valence-corrected chi connectivity index (χ2v) is 5.55. The van der Waals surface area contributed by atoms with Crippen molar-refractivity contribution < 1.29 is 4.39 Å². The van der Waals surface area contributed by atoms with Crippen LogP contribution in [0.3, 0.4) is 0 Å². The van der Waals surface area contributed by atoms with Crippen LogP contribution < -0.4 is 4.90 Å². The van der Waals surface area contributed by atoms with Gasteiger partial charge in [-0.05, 0) is 31.7 Å². The van der Waals surface area contributed by atoms with Crippen LogP contribution in [0.4, 0.5) is 10.2 Å². The SMILES string of the molecule is CCc1ncnc(N2CCCC(n3cc(C)cn3)C2)c1F. The third kappa shape index (κ3) is 2.75. The van der Waals surface area contributed by atoms with Crippen LogP contribution in [0.5, 0.6) is 0 Å². The Bertz CT molecular complexity index is 624. The second-order valence-electron chi connectivity index (χ2n) is 5.55. The zero-order chi connectivity index (χ0) is 14.8. The molecule has 1 aliphatic heterocycles. The van der Waals surface area contributed by atoms with Gasteiger partial charge < -0.3 is 4.90 Å². The summed E-state index contributed by atoms with van der Waals surface area (Å²) in [6.07, 6.45) is 8.01. The molecule has 3 rings (SSSR count). The molecule has 0 aliphatic carbocycles. The molecule has 1 saturated heterocycles. The molecule has 0 amide bonds. The lowest BCUT2D eigenvalue weighted by Gasteiger charge is -2.33. The number of aryl methyl sites for hydroxylation is 2. The Kier molecular flexibility index (Phi) is 3.86. The summed E-state index contributed by atoms with van der Waals surface area (Å²) < 4.78 is 16.4. The van der Waals surface area contributed by atoms with Gasteiger partial charge in [0.2, 0.25) is 0 Å². The molecule has 0 aromatic carbocycles. The van der Waals surface area contributed by atoms with E-state index in [0.29, 0.717) is 17.9 Å². The second kappa shape index (κ2) is 5.79. The first-order valence-electron chi connectivity index (χ1n) is 7.44. The Morgan fingerprint density at radius 1 is 1.38 bits per heavy atom. The Morgan fingerprint density at radius 3 is 2.95 bits per heavy atom. The van der Waals surface area contributed by atoms with Crippen LogP contribution in [0.2, 0.25) is 0 Å². The maximum Gasteiger partial charge on any atom is 0.187 e. The summed E-state index contributed by atoms with van der Waals surface area (Å²) in [6.45, 7) is 5.49. The van der Waals surface area contributed by atoms with Crippen molar-refractivity contribution in [1.82, 2.24) is 19.7 Å². The predicted molar refractivity (Wildman–Crippen MR) is 78.8 cm³/mol. The smallest absolute Gasteiger partial charge is 0.187 e. The van der Waals surface area contributed by atoms with Gasteiger partial charge >= 0.3 is 0 Å². The van der Waals surface area contributed by atoms with Crippen LogP contribution in [-0.2, 0) is 6.42 Å². The van der Waals surface area contributed by atoms with Gasteiger partial charge in [0.05, 0.1) is 17.9 Å². The minimum atomic E-state index is -0.280. The van der Waals surface area contributed by atoms with Gasteiger partial charge in [0.1, 0.15) is 6.33 Å². The molecule has 0 spiro atoms. The van der Waals surface area contributed by atoms with E-state index in [4.69, 9.17) is 0 Å². The van der Waals surface area contributed by atoms with Gasteiger partial charge in [-0.2, -0.15) is 5.10 Å². The van der Waals surface area contributed by atoms with Gasteiger partial charge in [0.15, 0.2) is 11.6 Å². The van der Waals surface area contributed by atoms with Crippen molar-refractivity contribution in [3.05, 3.63) is 35.8 Å². The van der Waals surface area contributed by atoms with E-state index in [1.165, 1.54) is 6.33 Å². The monoisotopic (exact) mass is 289 g/mol. The van der Waals surface area contributed by atoms with Gasteiger partial charge in [0, 0.05) is 19.3 Å². The minimum absolute atomic E-state index is 0.270. The highest BCUT2D eigenvalue weighted by Crippen LogP contribution is 2.27. The van der Waals surface area contributed by atoms with Crippen LogP contribution in [0.15, 0.2) is 18.7 Å². The van der Waals surface area contributed by atoms with Crippen molar-refractivity contribution in [1.29, 1.82) is 0 Å². The van der Waals surface area contributed by atoms with Crippen molar-refractivity contribution in [2.24, 2.45) is 0 Å². The van der Waals surface area contributed by atoms with E-state index in [0.717, 1.165) is 31.5 Å². The number of hydrogen-bond donors (Lipinski definition) is 0. The topological polar surface area (TPSA) is 46.8 Å². The molecule has 0 radical (unpaired) electrons. The average Bonchev–Trinajstić information content (AvgIpc) is 2.94. The molecule has 5 nitrogen and oxygen atoms in total. The summed E-state index contributed by atoms with van der Waals surface area (Å²) in [5.41, 5.74) is 1.63. The first kappa shape index (κ1) is 14.0. The average molecular weight is 289 g/mol. The van der Waals surface area contributed by atoms with Crippen molar-refractivity contribution in [3.8, 4) is 0 Å². The molecule has 1 aliphatic rings. The fraction of sp³-hybridized carbons (Fsp3) is 0.533. The van der Waals surface area contributed by atoms with E-state index in [-0.39, 0.29) is 11.9 Å². The van der Waals surface area contributed by atoms with Crippen molar-refractivity contribution in [3.63, 3.8) is 0 Å². The molecule has 0 saturated carbocycles. The van der Waals surface area contributed by atoms with Gasteiger partial charge in [-0.3, -0.25) is 4.68 Å². The van der Waals surface area contributed by atoms with E-state index in [1.54, 1.807) is 0 Å². The molecular weight excluding hydrogens is 269 g/mol. The predicted octanol–water partition coefficient (Wildman–Crippen LogP) is 2.52. The lowest BCUT2D eigenvalue weighted by molar-refractivity contribution is 0.372. The first-order valence-corrected chi connectivity index (χ1v) is 7.44. The van der Waals surface area contributed by atoms with Gasteiger partial charge in [0.25, 0.3) is 0 Å². The fourth-order valence-corrected chi connectivity index (χ4v) is 2.86. The number of halogens is 1. The summed E-state index contributed by atoms with van der Waals surface area (Å²) in [6, 6.07) is 0.270. The van der Waals surface area contributed by atoms with Crippen molar-refractivity contribution in [2.45, 2.75) is 39.2 Å². The normalized spacial score (nSPS) is 19.0. The zero-order valence-corrected chi connectivity index (χ0v) is 12.5. The van der Waals surface area contributed by atoms with Crippen LogP contribution in [0, 0.1) is 12.7 Å². The Morgan fingerprint density at radius 2 is 2.24 bits per heavy atom. The number of rotatable bonds is 3. The Hall–Kier alpha value is -1.98. The summed E-state index contributed by atoms with van der Waals surface area (Å²) in [7, 11) is 0. The summed E-state index contributed by atoms with van der Waals surface area (Å²) in [5.74, 6) is 0.146. The lowest BCUT2D eigenvalue weighted by Crippen LogP contribution is -2.38. The molecule has 1 unspecified atom stereocenters. The van der Waals surface area contributed by atoms with E-state index in [9.17, 15) is 4.39 Å². The third-order valence-electron chi connectivity index (χ3n) is 3.98. The van der Waals surface area contributed by atoms with Gasteiger partial charge in [-0.15, -0.1) is 0 Å². The summed E-state index contributed by atoms with van der Waals surface area (Å²) in [5, 5.41) is 4.39. The molecule has 2 aromatic rings. The molecule has 0 bridgehead atoms. The minimum Gasteiger partial charge on any atom is -0.352 e. The summed E-state index contributed by atoms with van der Waals surface area (Å²) >= 11 is 0. The van der Waals surface area contributed by atoms with Crippen LogP contribution in [-0.4, -0.2) is 32.8 Å².